The Kier molecular flexibility index (Phi) is 3.58. The van der Waals surface area contributed by atoms with Gasteiger partial charge in [-0.1, -0.05) is 6.07 Å². The lowest BCUT2D eigenvalue weighted by molar-refractivity contribution is -0.158. The number of amides is 1. The maximum Gasteiger partial charge on any atom is 0.228 e. The van der Waals surface area contributed by atoms with Crippen LogP contribution in [0.3, 0.4) is 0 Å². The summed E-state index contributed by atoms with van der Waals surface area (Å²) in [5.41, 5.74) is 0.00162. The van der Waals surface area contributed by atoms with Crippen LogP contribution in [0.2, 0.25) is 0 Å². The Hall–Kier alpha value is -1.58. The van der Waals surface area contributed by atoms with Crippen molar-refractivity contribution >= 4 is 11.7 Å². The standard InChI is InChI=1S/C21H29N3O/c1-15-14-23(6-7-24(15)19-4-2-3-5-22-19)20(25)21-11-16-8-17(12-21)10-18(9-16)13-21/h2-5,15-18H,6-14H2,1H3/t15-,16?,17?,18?,21?/m1/s1. The molecule has 1 amide bonds. The second kappa shape index (κ2) is 5.72. The molecule has 4 bridgehead atoms. The first-order valence-electron chi connectivity index (χ1n) is 10.1. The summed E-state index contributed by atoms with van der Waals surface area (Å²) in [4.78, 5) is 22.6. The van der Waals surface area contributed by atoms with Crippen molar-refractivity contribution in [3.8, 4) is 0 Å². The third kappa shape index (κ3) is 2.56. The summed E-state index contributed by atoms with van der Waals surface area (Å²) < 4.78 is 0. The predicted molar refractivity (Wildman–Crippen MR) is 98.2 cm³/mol. The van der Waals surface area contributed by atoms with Gasteiger partial charge in [-0.3, -0.25) is 4.79 Å². The zero-order valence-corrected chi connectivity index (χ0v) is 15.2. The van der Waals surface area contributed by atoms with Gasteiger partial charge in [0.15, 0.2) is 0 Å². The van der Waals surface area contributed by atoms with Gasteiger partial charge in [0.2, 0.25) is 5.91 Å². The summed E-state index contributed by atoms with van der Waals surface area (Å²) >= 11 is 0. The van der Waals surface area contributed by atoms with Crippen molar-refractivity contribution in [2.75, 3.05) is 24.5 Å². The topological polar surface area (TPSA) is 36.4 Å². The Balaban J connectivity index is 1.31. The fraction of sp³-hybridized carbons (Fsp3) is 0.714. The molecule has 4 saturated carbocycles. The average molecular weight is 339 g/mol. The van der Waals surface area contributed by atoms with Crippen molar-refractivity contribution in [3.63, 3.8) is 0 Å². The molecular weight excluding hydrogens is 310 g/mol. The molecule has 4 heteroatoms. The largest absolute Gasteiger partial charge is 0.350 e. The van der Waals surface area contributed by atoms with Gasteiger partial charge in [-0.25, -0.2) is 4.98 Å². The normalized spacial score (nSPS) is 39.7. The maximum absolute atomic E-state index is 13.5. The number of carbonyl (C=O) groups is 1. The smallest absolute Gasteiger partial charge is 0.228 e. The van der Waals surface area contributed by atoms with Crippen molar-refractivity contribution in [2.24, 2.45) is 23.2 Å². The van der Waals surface area contributed by atoms with E-state index in [-0.39, 0.29) is 5.41 Å². The fourth-order valence-electron chi connectivity index (χ4n) is 6.71. The number of anilines is 1. The van der Waals surface area contributed by atoms with E-state index >= 15 is 0 Å². The van der Waals surface area contributed by atoms with Crippen LogP contribution >= 0.6 is 0 Å². The molecule has 1 atom stereocenters. The number of hydrogen-bond donors (Lipinski definition) is 0. The maximum atomic E-state index is 13.5. The fourth-order valence-corrected chi connectivity index (χ4v) is 6.71. The van der Waals surface area contributed by atoms with Crippen LogP contribution in [-0.2, 0) is 4.79 Å². The van der Waals surface area contributed by atoms with E-state index < -0.39 is 0 Å². The summed E-state index contributed by atoms with van der Waals surface area (Å²) in [6.45, 7) is 4.82. The Labute approximate surface area is 150 Å². The molecule has 1 aromatic heterocycles. The van der Waals surface area contributed by atoms with Gasteiger partial charge in [0.1, 0.15) is 5.82 Å². The first-order chi connectivity index (χ1) is 12.1. The molecule has 4 aliphatic carbocycles. The SMILES string of the molecule is C[C@@H]1CN(C(=O)C23CC4CC(CC(C4)C2)C3)CCN1c1ccccn1. The molecule has 1 aliphatic heterocycles. The highest BCUT2D eigenvalue weighted by Gasteiger charge is 2.55. The summed E-state index contributed by atoms with van der Waals surface area (Å²) in [6, 6.07) is 6.41. The van der Waals surface area contributed by atoms with E-state index in [1.165, 1.54) is 38.5 Å². The lowest BCUT2D eigenvalue weighted by atomic mass is 9.49. The van der Waals surface area contributed by atoms with Gasteiger partial charge in [0, 0.05) is 31.9 Å². The number of piperazine rings is 1. The molecular formula is C21H29N3O. The van der Waals surface area contributed by atoms with E-state index in [2.05, 4.69) is 27.8 Å². The van der Waals surface area contributed by atoms with Gasteiger partial charge in [0.25, 0.3) is 0 Å². The molecule has 0 spiro atoms. The third-order valence-electron chi connectivity index (χ3n) is 7.35. The second-order valence-electron chi connectivity index (χ2n) is 9.18. The molecule has 0 radical (unpaired) electrons. The number of aromatic nitrogens is 1. The lowest BCUT2D eigenvalue weighted by Gasteiger charge is -2.57. The first kappa shape index (κ1) is 15.7. The van der Waals surface area contributed by atoms with E-state index in [0.29, 0.717) is 11.9 Å². The highest BCUT2D eigenvalue weighted by molar-refractivity contribution is 5.83. The first-order valence-corrected chi connectivity index (χ1v) is 10.1. The van der Waals surface area contributed by atoms with E-state index in [1.54, 1.807) is 0 Å². The summed E-state index contributed by atoms with van der Waals surface area (Å²) in [7, 11) is 0. The molecule has 0 unspecified atom stereocenters. The van der Waals surface area contributed by atoms with E-state index in [0.717, 1.165) is 43.2 Å². The van der Waals surface area contributed by atoms with Gasteiger partial charge in [-0.2, -0.15) is 0 Å². The Bertz CT molecular complexity index is 623. The van der Waals surface area contributed by atoms with Crippen LogP contribution in [0.25, 0.3) is 0 Å². The Morgan fingerprint density at radius 2 is 1.76 bits per heavy atom. The average Bonchev–Trinajstić information content (AvgIpc) is 2.60. The Morgan fingerprint density at radius 3 is 2.32 bits per heavy atom. The number of pyridine rings is 1. The molecule has 1 saturated heterocycles. The highest BCUT2D eigenvalue weighted by atomic mass is 16.2. The number of carbonyl (C=O) groups excluding carboxylic acids is 1. The van der Waals surface area contributed by atoms with Crippen molar-refractivity contribution in [1.82, 2.24) is 9.88 Å². The second-order valence-corrected chi connectivity index (χ2v) is 9.18. The van der Waals surface area contributed by atoms with Crippen LogP contribution in [0.15, 0.2) is 24.4 Å². The predicted octanol–water partition coefficient (Wildman–Crippen LogP) is 3.34. The van der Waals surface area contributed by atoms with Crippen molar-refractivity contribution in [3.05, 3.63) is 24.4 Å². The molecule has 4 nitrogen and oxygen atoms in total. The van der Waals surface area contributed by atoms with Crippen molar-refractivity contribution in [1.29, 1.82) is 0 Å². The molecule has 134 valence electrons. The van der Waals surface area contributed by atoms with Gasteiger partial charge < -0.3 is 9.80 Å². The van der Waals surface area contributed by atoms with Gasteiger partial charge in [-0.15, -0.1) is 0 Å². The molecule has 5 aliphatic rings. The molecule has 25 heavy (non-hydrogen) atoms. The zero-order chi connectivity index (χ0) is 17.0. The molecule has 0 N–H and O–H groups in total. The van der Waals surface area contributed by atoms with E-state index in [1.807, 2.05) is 18.3 Å². The zero-order valence-electron chi connectivity index (χ0n) is 15.2. The van der Waals surface area contributed by atoms with E-state index in [4.69, 9.17) is 0 Å². The number of nitrogens with zero attached hydrogens (tertiary/aromatic N) is 3. The van der Waals surface area contributed by atoms with Gasteiger partial charge in [-0.05, 0) is 75.3 Å². The van der Waals surface area contributed by atoms with Crippen LogP contribution in [0.5, 0.6) is 0 Å². The molecule has 0 aromatic carbocycles. The quantitative estimate of drug-likeness (QED) is 0.829. The summed E-state index contributed by atoms with van der Waals surface area (Å²) in [6.07, 6.45) is 9.57. The molecule has 2 heterocycles. The minimum atomic E-state index is 0.00162. The lowest BCUT2D eigenvalue weighted by Crippen LogP contribution is -2.60. The minimum absolute atomic E-state index is 0.00162. The van der Waals surface area contributed by atoms with Crippen LogP contribution < -0.4 is 4.90 Å². The van der Waals surface area contributed by atoms with Crippen LogP contribution in [0, 0.1) is 23.2 Å². The molecule has 6 rings (SSSR count). The number of rotatable bonds is 2. The van der Waals surface area contributed by atoms with Crippen LogP contribution in [-0.4, -0.2) is 41.5 Å². The van der Waals surface area contributed by atoms with Gasteiger partial charge in [0.05, 0.1) is 5.41 Å². The third-order valence-corrected chi connectivity index (χ3v) is 7.35. The number of hydrogen-bond acceptors (Lipinski definition) is 3. The Morgan fingerprint density at radius 1 is 1.08 bits per heavy atom. The van der Waals surface area contributed by atoms with Crippen molar-refractivity contribution in [2.45, 2.75) is 51.5 Å². The van der Waals surface area contributed by atoms with Crippen LogP contribution in [0.4, 0.5) is 5.82 Å². The van der Waals surface area contributed by atoms with E-state index in [9.17, 15) is 4.79 Å². The molecule has 5 fully saturated rings. The van der Waals surface area contributed by atoms with Crippen molar-refractivity contribution < 1.29 is 4.79 Å². The van der Waals surface area contributed by atoms with Gasteiger partial charge >= 0.3 is 0 Å². The summed E-state index contributed by atoms with van der Waals surface area (Å²) in [5, 5.41) is 0. The minimum Gasteiger partial charge on any atom is -0.350 e. The monoisotopic (exact) mass is 339 g/mol. The van der Waals surface area contributed by atoms with Crippen LogP contribution in [0.1, 0.15) is 45.4 Å². The molecule has 1 aromatic rings. The summed E-state index contributed by atoms with van der Waals surface area (Å²) in [5.74, 6) is 4.03. The highest BCUT2D eigenvalue weighted by Crippen LogP contribution is 2.60.